The molecule has 1 saturated heterocycles. The summed E-state index contributed by atoms with van der Waals surface area (Å²) in [4.78, 5) is 28.5. The molecule has 2 heterocycles. The molecule has 0 aliphatic carbocycles. The van der Waals surface area contributed by atoms with Gasteiger partial charge in [0, 0.05) is 32.1 Å². The van der Waals surface area contributed by atoms with Crippen LogP contribution >= 0.6 is 0 Å². The van der Waals surface area contributed by atoms with Crippen molar-refractivity contribution in [2.45, 2.75) is 30.6 Å². The van der Waals surface area contributed by atoms with E-state index in [2.05, 4.69) is 25.8 Å². The third-order valence-electron chi connectivity index (χ3n) is 4.53. The summed E-state index contributed by atoms with van der Waals surface area (Å²) < 4.78 is 22.7. The van der Waals surface area contributed by atoms with Crippen LogP contribution in [-0.4, -0.2) is 54.1 Å². The van der Waals surface area contributed by atoms with Gasteiger partial charge >= 0.3 is 0 Å². The van der Waals surface area contributed by atoms with Gasteiger partial charge in [0.2, 0.25) is 27.8 Å². The fourth-order valence-electron chi connectivity index (χ4n) is 3.04. The maximum absolute atomic E-state index is 12.1. The van der Waals surface area contributed by atoms with E-state index in [4.69, 9.17) is 5.14 Å². The molecule has 0 bridgehead atoms. The molecule has 162 valence electrons. The predicted octanol–water partition coefficient (Wildman–Crippen LogP) is 0.791. The van der Waals surface area contributed by atoms with Crippen LogP contribution in [0.4, 0.5) is 23.3 Å². The number of benzene rings is 1. The van der Waals surface area contributed by atoms with Crippen LogP contribution in [0.25, 0.3) is 0 Å². The fraction of sp³-hybridized carbons (Fsp3) is 0.438. The lowest BCUT2D eigenvalue weighted by molar-refractivity contribution is -0.384. The molecule has 1 aromatic heterocycles. The molecule has 14 heteroatoms. The molecule has 5 N–H and O–H groups in total. The molecule has 2 aromatic rings. The normalized spacial score (nSPS) is 14.4. The van der Waals surface area contributed by atoms with Crippen molar-refractivity contribution in [3.8, 4) is 0 Å². The van der Waals surface area contributed by atoms with E-state index in [0.29, 0.717) is 5.95 Å². The molecule has 0 spiro atoms. The molecule has 0 unspecified atom stereocenters. The maximum Gasteiger partial charge on any atom is 0.293 e. The Morgan fingerprint density at radius 1 is 1.30 bits per heavy atom. The molecule has 0 atom stereocenters. The zero-order valence-electron chi connectivity index (χ0n) is 16.0. The standard InChI is InChI=1S/C16H22N8O5S/c17-30(28,29)11-4-5-12(13(10-11)24(26)27)18-7-6-14(25)19-15-20-16(22-21-15)23-8-2-1-3-9-23/h4-5,10,18H,1-3,6-9H2,(H2,17,28,29)(H2,19,20,21,22,25). The van der Waals surface area contributed by atoms with Gasteiger partial charge in [-0.2, -0.15) is 4.98 Å². The van der Waals surface area contributed by atoms with E-state index >= 15 is 0 Å². The van der Waals surface area contributed by atoms with Crippen LogP contribution in [0.5, 0.6) is 0 Å². The number of rotatable bonds is 8. The van der Waals surface area contributed by atoms with Crippen LogP contribution in [0.15, 0.2) is 23.1 Å². The van der Waals surface area contributed by atoms with Gasteiger partial charge in [-0.25, -0.2) is 18.7 Å². The molecular weight excluding hydrogens is 416 g/mol. The number of piperidine rings is 1. The van der Waals surface area contributed by atoms with Crippen molar-refractivity contribution in [2.75, 3.05) is 35.2 Å². The number of primary sulfonamides is 1. The number of carbonyl (C=O) groups excluding carboxylic acids is 1. The van der Waals surface area contributed by atoms with Gasteiger partial charge in [-0.15, -0.1) is 5.10 Å². The lowest BCUT2D eigenvalue weighted by atomic mass is 10.1. The first-order valence-electron chi connectivity index (χ1n) is 9.26. The highest BCUT2D eigenvalue weighted by Gasteiger charge is 2.19. The van der Waals surface area contributed by atoms with Gasteiger partial charge in [0.1, 0.15) is 5.69 Å². The van der Waals surface area contributed by atoms with Gasteiger partial charge in [-0.3, -0.25) is 20.2 Å². The van der Waals surface area contributed by atoms with Gasteiger partial charge in [0.15, 0.2) is 0 Å². The lowest BCUT2D eigenvalue weighted by Crippen LogP contribution is -2.30. The summed E-state index contributed by atoms with van der Waals surface area (Å²) in [7, 11) is -4.07. The van der Waals surface area contributed by atoms with Gasteiger partial charge in [-0.1, -0.05) is 0 Å². The second kappa shape index (κ2) is 9.04. The van der Waals surface area contributed by atoms with Crippen LogP contribution in [0.1, 0.15) is 25.7 Å². The maximum atomic E-state index is 12.1. The lowest BCUT2D eigenvalue weighted by Gasteiger charge is -2.24. The number of nitrogens with one attached hydrogen (secondary N) is 3. The van der Waals surface area contributed by atoms with Crippen LogP contribution in [0.2, 0.25) is 0 Å². The Bertz CT molecular complexity index is 1030. The Morgan fingerprint density at radius 2 is 2.03 bits per heavy atom. The summed E-state index contributed by atoms with van der Waals surface area (Å²) >= 11 is 0. The minimum absolute atomic E-state index is 0.00611. The molecule has 30 heavy (non-hydrogen) atoms. The molecule has 1 aliphatic rings. The molecule has 1 amide bonds. The van der Waals surface area contributed by atoms with Gasteiger partial charge in [0.25, 0.3) is 5.69 Å². The Labute approximate surface area is 172 Å². The number of carbonyl (C=O) groups is 1. The number of hydrogen-bond acceptors (Lipinski definition) is 9. The van der Waals surface area contributed by atoms with Crippen molar-refractivity contribution in [3.63, 3.8) is 0 Å². The Balaban J connectivity index is 1.54. The second-order valence-electron chi connectivity index (χ2n) is 6.74. The molecule has 1 aliphatic heterocycles. The Kier molecular flexibility index (Phi) is 6.47. The third kappa shape index (κ3) is 5.42. The molecule has 0 radical (unpaired) electrons. The van der Waals surface area contributed by atoms with Gasteiger partial charge in [-0.05, 0) is 31.4 Å². The van der Waals surface area contributed by atoms with Crippen molar-refractivity contribution in [1.29, 1.82) is 0 Å². The molecule has 1 fully saturated rings. The average Bonchev–Trinajstić information content (AvgIpc) is 3.16. The first kappa shape index (κ1) is 21.4. The number of hydrogen-bond donors (Lipinski definition) is 4. The van der Waals surface area contributed by atoms with E-state index in [9.17, 15) is 23.3 Å². The van der Waals surface area contributed by atoms with E-state index in [1.807, 2.05) is 4.90 Å². The van der Waals surface area contributed by atoms with Crippen LogP contribution in [-0.2, 0) is 14.8 Å². The summed E-state index contributed by atoms with van der Waals surface area (Å²) in [5.74, 6) is 0.394. The summed E-state index contributed by atoms with van der Waals surface area (Å²) in [6.45, 7) is 1.82. The zero-order chi connectivity index (χ0) is 21.7. The fourth-order valence-corrected chi connectivity index (χ4v) is 3.57. The first-order valence-corrected chi connectivity index (χ1v) is 10.8. The van der Waals surface area contributed by atoms with Gasteiger partial charge < -0.3 is 10.2 Å². The van der Waals surface area contributed by atoms with E-state index in [-0.39, 0.29) is 35.4 Å². The molecule has 0 saturated carbocycles. The SMILES string of the molecule is NS(=O)(=O)c1ccc(NCCC(=O)Nc2nc(N3CCCCC3)n[nH]2)c([N+](=O)[O-])c1. The molecular formula is C16H22N8O5S. The molecule has 13 nitrogen and oxygen atoms in total. The predicted molar refractivity (Wildman–Crippen MR) is 109 cm³/mol. The summed E-state index contributed by atoms with van der Waals surface area (Å²) in [5.41, 5.74) is -0.379. The van der Waals surface area contributed by atoms with Crippen molar-refractivity contribution >= 4 is 39.2 Å². The number of nitrogens with two attached hydrogens (primary N) is 1. The number of anilines is 3. The van der Waals surface area contributed by atoms with Crippen molar-refractivity contribution in [1.82, 2.24) is 15.2 Å². The second-order valence-corrected chi connectivity index (χ2v) is 8.30. The van der Waals surface area contributed by atoms with Crippen LogP contribution in [0.3, 0.4) is 0 Å². The van der Waals surface area contributed by atoms with Crippen molar-refractivity contribution in [2.24, 2.45) is 5.14 Å². The minimum Gasteiger partial charge on any atom is -0.379 e. The van der Waals surface area contributed by atoms with Crippen molar-refractivity contribution in [3.05, 3.63) is 28.3 Å². The quantitative estimate of drug-likeness (QED) is 0.341. The smallest absolute Gasteiger partial charge is 0.293 e. The molecule has 1 aromatic carbocycles. The highest BCUT2D eigenvalue weighted by molar-refractivity contribution is 7.89. The average molecular weight is 438 g/mol. The largest absolute Gasteiger partial charge is 0.379 e. The summed E-state index contributed by atoms with van der Waals surface area (Å²) in [5, 5.41) is 28.3. The van der Waals surface area contributed by atoms with E-state index in [0.717, 1.165) is 38.1 Å². The number of nitro benzene ring substituents is 1. The first-order chi connectivity index (χ1) is 14.2. The van der Waals surface area contributed by atoms with Crippen LogP contribution in [0, 0.1) is 10.1 Å². The van der Waals surface area contributed by atoms with Crippen LogP contribution < -0.4 is 20.7 Å². The highest BCUT2D eigenvalue weighted by Crippen LogP contribution is 2.27. The number of sulfonamides is 1. The Morgan fingerprint density at radius 3 is 2.70 bits per heavy atom. The number of nitro groups is 1. The topological polar surface area (TPSA) is 189 Å². The number of amides is 1. The number of aromatic nitrogens is 3. The summed E-state index contributed by atoms with van der Waals surface area (Å²) in [6.07, 6.45) is 3.33. The van der Waals surface area contributed by atoms with E-state index in [1.54, 1.807) is 0 Å². The van der Waals surface area contributed by atoms with Crippen molar-refractivity contribution < 1.29 is 18.1 Å². The van der Waals surface area contributed by atoms with E-state index < -0.39 is 20.6 Å². The summed E-state index contributed by atoms with van der Waals surface area (Å²) in [6, 6.07) is 3.26. The minimum atomic E-state index is -4.07. The van der Waals surface area contributed by atoms with Gasteiger partial charge in [0.05, 0.1) is 9.82 Å². The molecule has 3 rings (SSSR count). The number of nitrogens with zero attached hydrogens (tertiary/aromatic N) is 4. The monoisotopic (exact) mass is 438 g/mol. The van der Waals surface area contributed by atoms with E-state index in [1.165, 1.54) is 12.5 Å². The zero-order valence-corrected chi connectivity index (χ0v) is 16.8. The highest BCUT2D eigenvalue weighted by atomic mass is 32.2. The third-order valence-corrected chi connectivity index (χ3v) is 5.44. The number of H-pyrrole nitrogens is 1. The number of aromatic amines is 1. The Hall–Kier alpha value is -3.26.